The standard InChI is InChI=1S/C22H22FN3O3S2/c1-15-7-8-16(2)20(13-15)31(28,29)26-11-9-25(10-12-26)22(27)19-14-30-21(24-19)17-5-3-4-6-18(17)23/h3-8,13-14H,9-12H2,1-2H3. The van der Waals surface area contributed by atoms with Gasteiger partial charge in [-0.15, -0.1) is 11.3 Å². The number of rotatable bonds is 4. The Kier molecular flexibility index (Phi) is 5.92. The predicted molar refractivity (Wildman–Crippen MR) is 118 cm³/mol. The van der Waals surface area contributed by atoms with E-state index in [4.69, 9.17) is 0 Å². The first-order chi connectivity index (χ1) is 14.8. The molecule has 3 aromatic rings. The van der Waals surface area contributed by atoms with Crippen molar-refractivity contribution in [2.45, 2.75) is 18.7 Å². The molecule has 1 aliphatic rings. The van der Waals surface area contributed by atoms with Gasteiger partial charge < -0.3 is 4.90 Å². The van der Waals surface area contributed by atoms with E-state index < -0.39 is 10.0 Å². The molecule has 0 radical (unpaired) electrons. The van der Waals surface area contributed by atoms with Gasteiger partial charge in [0.25, 0.3) is 5.91 Å². The van der Waals surface area contributed by atoms with Crippen molar-refractivity contribution in [1.82, 2.24) is 14.2 Å². The van der Waals surface area contributed by atoms with Crippen LogP contribution in [-0.2, 0) is 10.0 Å². The average Bonchev–Trinajstić information content (AvgIpc) is 3.25. The minimum atomic E-state index is -3.63. The Balaban J connectivity index is 1.46. The molecule has 0 aliphatic carbocycles. The molecule has 0 bridgehead atoms. The fourth-order valence-corrected chi connectivity index (χ4v) is 6.10. The molecule has 4 rings (SSSR count). The fourth-order valence-electron chi connectivity index (χ4n) is 3.55. The number of aryl methyl sites for hydroxylation is 2. The van der Waals surface area contributed by atoms with E-state index in [2.05, 4.69) is 4.98 Å². The van der Waals surface area contributed by atoms with Gasteiger partial charge in [0.2, 0.25) is 10.0 Å². The third kappa shape index (κ3) is 4.26. The maximum atomic E-state index is 14.0. The van der Waals surface area contributed by atoms with Gasteiger partial charge in [-0.2, -0.15) is 4.31 Å². The molecule has 162 valence electrons. The topological polar surface area (TPSA) is 70.6 Å². The maximum Gasteiger partial charge on any atom is 0.273 e. The highest BCUT2D eigenvalue weighted by molar-refractivity contribution is 7.89. The molecule has 0 saturated carbocycles. The normalized spacial score (nSPS) is 15.3. The zero-order valence-corrected chi connectivity index (χ0v) is 18.8. The van der Waals surface area contributed by atoms with Crippen molar-refractivity contribution in [2.75, 3.05) is 26.2 Å². The lowest BCUT2D eigenvalue weighted by molar-refractivity contribution is 0.0693. The van der Waals surface area contributed by atoms with E-state index in [-0.39, 0.29) is 43.6 Å². The molecule has 0 N–H and O–H groups in total. The Bertz CT molecular complexity index is 1230. The molecule has 6 nitrogen and oxygen atoms in total. The summed E-state index contributed by atoms with van der Waals surface area (Å²) in [6.45, 7) is 4.61. The van der Waals surface area contributed by atoms with E-state index in [0.29, 0.717) is 21.0 Å². The van der Waals surface area contributed by atoms with Crippen LogP contribution in [0.5, 0.6) is 0 Å². The monoisotopic (exact) mass is 459 g/mol. The first-order valence-electron chi connectivity index (χ1n) is 9.84. The van der Waals surface area contributed by atoms with Crippen LogP contribution in [0.4, 0.5) is 4.39 Å². The number of thiazole rings is 1. The van der Waals surface area contributed by atoms with Crippen LogP contribution in [-0.4, -0.2) is 54.7 Å². The van der Waals surface area contributed by atoms with E-state index in [1.165, 1.54) is 21.7 Å². The van der Waals surface area contributed by atoms with Crippen LogP contribution in [0, 0.1) is 19.7 Å². The summed E-state index contributed by atoms with van der Waals surface area (Å²) in [5.41, 5.74) is 2.18. The third-order valence-corrected chi connectivity index (χ3v) is 8.23. The van der Waals surface area contributed by atoms with Gasteiger partial charge in [0.15, 0.2) is 0 Å². The summed E-state index contributed by atoms with van der Waals surface area (Å²) >= 11 is 1.21. The lowest BCUT2D eigenvalue weighted by atomic mass is 10.2. The summed E-state index contributed by atoms with van der Waals surface area (Å²) < 4.78 is 41.6. The molecule has 0 spiro atoms. The van der Waals surface area contributed by atoms with E-state index in [9.17, 15) is 17.6 Å². The number of nitrogens with zero attached hydrogens (tertiary/aromatic N) is 3. The molecule has 2 heterocycles. The van der Waals surface area contributed by atoms with Gasteiger partial charge in [-0.3, -0.25) is 4.79 Å². The molecule has 1 amide bonds. The quantitative estimate of drug-likeness (QED) is 0.596. The maximum absolute atomic E-state index is 14.0. The fraction of sp³-hybridized carbons (Fsp3) is 0.273. The lowest BCUT2D eigenvalue weighted by Crippen LogP contribution is -2.50. The number of amides is 1. The zero-order chi connectivity index (χ0) is 22.2. The van der Waals surface area contributed by atoms with Gasteiger partial charge in [0, 0.05) is 37.1 Å². The van der Waals surface area contributed by atoms with E-state index in [1.54, 1.807) is 47.5 Å². The van der Waals surface area contributed by atoms with Gasteiger partial charge in [0.1, 0.15) is 16.5 Å². The second-order valence-corrected chi connectivity index (χ2v) is 10.2. The number of piperazine rings is 1. The van der Waals surface area contributed by atoms with Gasteiger partial charge >= 0.3 is 0 Å². The molecule has 1 aliphatic heterocycles. The molecule has 0 unspecified atom stereocenters. The molecule has 1 aromatic heterocycles. The van der Waals surface area contributed by atoms with Gasteiger partial charge in [-0.25, -0.2) is 17.8 Å². The number of hydrogen-bond acceptors (Lipinski definition) is 5. The highest BCUT2D eigenvalue weighted by Gasteiger charge is 2.32. The minimum absolute atomic E-state index is 0.214. The molecule has 2 aromatic carbocycles. The molecule has 0 atom stereocenters. The number of benzene rings is 2. The second-order valence-electron chi connectivity index (χ2n) is 7.48. The summed E-state index contributed by atoms with van der Waals surface area (Å²) in [6.07, 6.45) is 0. The molecule has 31 heavy (non-hydrogen) atoms. The van der Waals surface area contributed by atoms with Crippen LogP contribution < -0.4 is 0 Å². The van der Waals surface area contributed by atoms with Gasteiger partial charge in [0.05, 0.1) is 4.90 Å². The van der Waals surface area contributed by atoms with Crippen molar-refractivity contribution in [3.8, 4) is 10.6 Å². The van der Waals surface area contributed by atoms with Crippen molar-refractivity contribution in [2.24, 2.45) is 0 Å². The molecule has 1 saturated heterocycles. The Hall–Kier alpha value is -2.62. The van der Waals surface area contributed by atoms with Crippen molar-refractivity contribution in [1.29, 1.82) is 0 Å². The largest absolute Gasteiger partial charge is 0.335 e. The Labute approximate surface area is 185 Å². The molecular weight excluding hydrogens is 437 g/mol. The van der Waals surface area contributed by atoms with Gasteiger partial charge in [-0.05, 0) is 43.2 Å². The van der Waals surface area contributed by atoms with E-state index >= 15 is 0 Å². The van der Waals surface area contributed by atoms with Crippen LogP contribution in [0.15, 0.2) is 52.7 Å². The van der Waals surface area contributed by atoms with Crippen LogP contribution >= 0.6 is 11.3 Å². The number of carbonyl (C=O) groups excluding carboxylic acids is 1. The second kappa shape index (κ2) is 8.49. The molecule has 1 fully saturated rings. The minimum Gasteiger partial charge on any atom is -0.335 e. The van der Waals surface area contributed by atoms with Gasteiger partial charge in [-0.1, -0.05) is 24.3 Å². The van der Waals surface area contributed by atoms with Crippen LogP contribution in [0.25, 0.3) is 10.6 Å². The van der Waals surface area contributed by atoms with E-state index in [0.717, 1.165) is 5.56 Å². The number of carbonyl (C=O) groups is 1. The Morgan fingerprint density at radius 3 is 2.48 bits per heavy atom. The number of hydrogen-bond donors (Lipinski definition) is 0. The van der Waals surface area contributed by atoms with E-state index in [1.807, 2.05) is 13.0 Å². The highest BCUT2D eigenvalue weighted by atomic mass is 32.2. The summed E-state index contributed by atoms with van der Waals surface area (Å²) in [6, 6.07) is 11.7. The predicted octanol–water partition coefficient (Wildman–Crippen LogP) is 3.71. The molecule has 9 heteroatoms. The molecular formula is C22H22FN3O3S2. The number of halogens is 1. The summed E-state index contributed by atoms with van der Waals surface area (Å²) in [5, 5.41) is 2.06. The highest BCUT2D eigenvalue weighted by Crippen LogP contribution is 2.27. The van der Waals surface area contributed by atoms with Crippen molar-refractivity contribution in [3.63, 3.8) is 0 Å². The van der Waals surface area contributed by atoms with Crippen molar-refractivity contribution in [3.05, 3.63) is 70.5 Å². The summed E-state index contributed by atoms with van der Waals surface area (Å²) in [7, 11) is -3.63. The smallest absolute Gasteiger partial charge is 0.273 e. The Morgan fingerprint density at radius 1 is 1.06 bits per heavy atom. The van der Waals surface area contributed by atoms with Crippen molar-refractivity contribution >= 4 is 27.3 Å². The summed E-state index contributed by atoms with van der Waals surface area (Å²) in [5.74, 6) is -0.663. The van der Waals surface area contributed by atoms with Crippen LogP contribution in [0.3, 0.4) is 0 Å². The summed E-state index contributed by atoms with van der Waals surface area (Å²) in [4.78, 5) is 19.1. The zero-order valence-electron chi connectivity index (χ0n) is 17.2. The SMILES string of the molecule is Cc1ccc(C)c(S(=O)(=O)N2CCN(C(=O)c3csc(-c4ccccc4F)n3)CC2)c1. The number of sulfonamides is 1. The first kappa shape index (κ1) is 21.6. The third-order valence-electron chi connectivity index (χ3n) is 5.31. The Morgan fingerprint density at radius 2 is 1.77 bits per heavy atom. The average molecular weight is 460 g/mol. The van der Waals surface area contributed by atoms with Crippen LogP contribution in [0.1, 0.15) is 21.6 Å². The van der Waals surface area contributed by atoms with Crippen molar-refractivity contribution < 1.29 is 17.6 Å². The van der Waals surface area contributed by atoms with Crippen LogP contribution in [0.2, 0.25) is 0 Å². The number of aromatic nitrogens is 1. The first-order valence-corrected chi connectivity index (χ1v) is 12.2. The lowest BCUT2D eigenvalue weighted by Gasteiger charge is -2.34.